The van der Waals surface area contributed by atoms with E-state index in [9.17, 15) is 13.2 Å². The summed E-state index contributed by atoms with van der Waals surface area (Å²) in [6.45, 7) is 0. The number of carbonyl (C=O) groups excluding carboxylic acids is 1. The Labute approximate surface area is 120 Å². The number of hydrogen-bond donors (Lipinski definition) is 1. The van der Waals surface area contributed by atoms with Gasteiger partial charge in [-0.05, 0) is 24.6 Å². The minimum atomic E-state index is -3.00. The Morgan fingerprint density at radius 3 is 2.79 bits per heavy atom. The second-order valence-corrected chi connectivity index (χ2v) is 7.56. The fraction of sp³-hybridized carbons (Fsp3) is 0.417. The Balaban J connectivity index is 2.12. The summed E-state index contributed by atoms with van der Waals surface area (Å²) >= 11 is 3.30. The Morgan fingerprint density at radius 2 is 2.21 bits per heavy atom. The minimum absolute atomic E-state index is 0.0115. The first kappa shape index (κ1) is 14.3. The van der Waals surface area contributed by atoms with Gasteiger partial charge in [-0.2, -0.15) is 0 Å². The van der Waals surface area contributed by atoms with Crippen LogP contribution in [0.3, 0.4) is 0 Å². The van der Waals surface area contributed by atoms with Gasteiger partial charge < -0.3 is 10.1 Å². The molecule has 0 bridgehead atoms. The molecule has 0 saturated carbocycles. The van der Waals surface area contributed by atoms with Crippen LogP contribution in [0.1, 0.15) is 16.8 Å². The number of sulfone groups is 1. The summed E-state index contributed by atoms with van der Waals surface area (Å²) in [5.74, 6) is 0.284. The highest BCUT2D eigenvalue weighted by Gasteiger charge is 2.29. The van der Waals surface area contributed by atoms with E-state index in [0.29, 0.717) is 17.7 Å². The Bertz CT molecular complexity index is 600. The number of rotatable bonds is 3. The molecule has 1 saturated heterocycles. The Hall–Kier alpha value is -1.08. The van der Waals surface area contributed by atoms with Crippen LogP contribution in [0.15, 0.2) is 22.7 Å². The van der Waals surface area contributed by atoms with Crippen molar-refractivity contribution in [2.45, 2.75) is 12.5 Å². The molecule has 104 valence electrons. The SMILES string of the molecule is COc1cc(Br)ccc1C(=O)NC1CCS(=O)(=O)C1. The van der Waals surface area contributed by atoms with Crippen LogP contribution >= 0.6 is 15.9 Å². The van der Waals surface area contributed by atoms with Gasteiger partial charge in [0, 0.05) is 10.5 Å². The van der Waals surface area contributed by atoms with Crippen molar-refractivity contribution in [2.24, 2.45) is 0 Å². The van der Waals surface area contributed by atoms with Gasteiger partial charge in [-0.15, -0.1) is 0 Å². The highest BCUT2D eigenvalue weighted by atomic mass is 79.9. The van der Waals surface area contributed by atoms with Crippen LogP contribution in [0.25, 0.3) is 0 Å². The number of benzene rings is 1. The molecule has 1 aliphatic heterocycles. The second kappa shape index (κ2) is 5.50. The van der Waals surface area contributed by atoms with E-state index in [-0.39, 0.29) is 23.5 Å². The Morgan fingerprint density at radius 1 is 1.47 bits per heavy atom. The third-order valence-corrected chi connectivity index (χ3v) is 5.24. The van der Waals surface area contributed by atoms with E-state index in [1.54, 1.807) is 18.2 Å². The van der Waals surface area contributed by atoms with Crippen molar-refractivity contribution in [1.82, 2.24) is 5.32 Å². The third-order valence-electron chi connectivity index (χ3n) is 2.98. The number of nitrogens with one attached hydrogen (secondary N) is 1. The highest BCUT2D eigenvalue weighted by Crippen LogP contribution is 2.24. The molecule has 0 radical (unpaired) electrons. The molecular weight excluding hydrogens is 334 g/mol. The summed E-state index contributed by atoms with van der Waals surface area (Å²) < 4.78 is 28.6. The van der Waals surface area contributed by atoms with Gasteiger partial charge in [-0.25, -0.2) is 8.42 Å². The van der Waals surface area contributed by atoms with Gasteiger partial charge in [0.15, 0.2) is 9.84 Å². The van der Waals surface area contributed by atoms with E-state index in [1.807, 2.05) is 0 Å². The number of amides is 1. The molecule has 19 heavy (non-hydrogen) atoms. The first-order valence-corrected chi connectivity index (χ1v) is 8.37. The van der Waals surface area contributed by atoms with Gasteiger partial charge >= 0.3 is 0 Å². The first-order chi connectivity index (χ1) is 8.91. The fourth-order valence-corrected chi connectivity index (χ4v) is 4.04. The zero-order chi connectivity index (χ0) is 14.0. The van der Waals surface area contributed by atoms with E-state index in [4.69, 9.17) is 4.74 Å². The molecule has 2 rings (SSSR count). The van der Waals surface area contributed by atoms with E-state index < -0.39 is 9.84 Å². The molecule has 1 aromatic rings. The molecule has 1 aliphatic rings. The molecule has 1 amide bonds. The third kappa shape index (κ3) is 3.48. The standard InChI is InChI=1S/C12H14BrNO4S/c1-18-11-6-8(13)2-3-10(11)12(15)14-9-4-5-19(16,17)7-9/h2-3,6,9H,4-5,7H2,1H3,(H,14,15). The van der Waals surface area contributed by atoms with E-state index in [2.05, 4.69) is 21.2 Å². The molecule has 7 heteroatoms. The van der Waals surface area contributed by atoms with Crippen LogP contribution < -0.4 is 10.1 Å². The fourth-order valence-electron chi connectivity index (χ4n) is 2.02. The number of ether oxygens (including phenoxy) is 1. The molecule has 0 aromatic heterocycles. The van der Waals surface area contributed by atoms with Crippen LogP contribution in [0, 0.1) is 0 Å². The quantitative estimate of drug-likeness (QED) is 0.896. The van der Waals surface area contributed by atoms with Crippen molar-refractivity contribution in [3.63, 3.8) is 0 Å². The van der Waals surface area contributed by atoms with Crippen LogP contribution in [0.2, 0.25) is 0 Å². The summed E-state index contributed by atoms with van der Waals surface area (Å²) in [5.41, 5.74) is 0.398. The lowest BCUT2D eigenvalue weighted by molar-refractivity contribution is 0.0938. The Kier molecular flexibility index (Phi) is 4.15. The van der Waals surface area contributed by atoms with Crippen LogP contribution in [-0.4, -0.2) is 39.0 Å². The lowest BCUT2D eigenvalue weighted by Crippen LogP contribution is -2.35. The van der Waals surface area contributed by atoms with Crippen LogP contribution in [-0.2, 0) is 9.84 Å². The van der Waals surface area contributed by atoms with E-state index >= 15 is 0 Å². The number of carbonyl (C=O) groups is 1. The topological polar surface area (TPSA) is 72.5 Å². The van der Waals surface area contributed by atoms with Gasteiger partial charge in [-0.3, -0.25) is 4.79 Å². The summed E-state index contributed by atoms with van der Waals surface area (Å²) in [6.07, 6.45) is 0.465. The van der Waals surface area contributed by atoms with Gasteiger partial charge in [0.05, 0.1) is 24.2 Å². The van der Waals surface area contributed by atoms with E-state index in [0.717, 1.165) is 4.47 Å². The molecule has 1 N–H and O–H groups in total. The lowest BCUT2D eigenvalue weighted by Gasteiger charge is -2.13. The molecule has 0 aliphatic carbocycles. The van der Waals surface area contributed by atoms with E-state index in [1.165, 1.54) is 7.11 Å². The van der Waals surface area contributed by atoms with Crippen molar-refractivity contribution in [2.75, 3.05) is 18.6 Å². The van der Waals surface area contributed by atoms with Crippen molar-refractivity contribution in [3.05, 3.63) is 28.2 Å². The highest BCUT2D eigenvalue weighted by molar-refractivity contribution is 9.10. The predicted molar refractivity (Wildman–Crippen MR) is 75.2 cm³/mol. The zero-order valence-corrected chi connectivity index (χ0v) is 12.8. The summed E-state index contributed by atoms with van der Waals surface area (Å²) in [6, 6.07) is 4.76. The van der Waals surface area contributed by atoms with Crippen molar-refractivity contribution in [3.8, 4) is 5.75 Å². The molecule has 1 fully saturated rings. The normalized spacial score (nSPS) is 21.1. The maximum Gasteiger partial charge on any atom is 0.255 e. The largest absolute Gasteiger partial charge is 0.496 e. The molecule has 1 atom stereocenters. The summed E-state index contributed by atoms with van der Waals surface area (Å²) in [4.78, 5) is 12.1. The van der Waals surface area contributed by atoms with Gasteiger partial charge in [-0.1, -0.05) is 15.9 Å². The first-order valence-electron chi connectivity index (χ1n) is 5.76. The van der Waals surface area contributed by atoms with Crippen LogP contribution in [0.5, 0.6) is 5.75 Å². The smallest absolute Gasteiger partial charge is 0.255 e. The monoisotopic (exact) mass is 347 g/mol. The van der Waals surface area contributed by atoms with Crippen molar-refractivity contribution in [1.29, 1.82) is 0 Å². The molecule has 1 unspecified atom stereocenters. The second-order valence-electron chi connectivity index (χ2n) is 4.42. The molecule has 0 spiro atoms. The molecule has 5 nitrogen and oxygen atoms in total. The summed E-state index contributed by atoms with van der Waals surface area (Å²) in [5, 5.41) is 2.73. The number of halogens is 1. The van der Waals surface area contributed by atoms with Gasteiger partial charge in [0.1, 0.15) is 5.75 Å². The maximum atomic E-state index is 12.1. The minimum Gasteiger partial charge on any atom is -0.496 e. The van der Waals surface area contributed by atoms with Crippen molar-refractivity contribution >= 4 is 31.7 Å². The molecule has 1 heterocycles. The van der Waals surface area contributed by atoms with Crippen LogP contribution in [0.4, 0.5) is 0 Å². The molecular formula is C12H14BrNO4S. The average Bonchev–Trinajstić information content (AvgIpc) is 2.68. The number of hydrogen-bond acceptors (Lipinski definition) is 4. The predicted octanol–water partition coefficient (Wildman–Crippen LogP) is 1.37. The lowest BCUT2D eigenvalue weighted by atomic mass is 10.1. The van der Waals surface area contributed by atoms with Gasteiger partial charge in [0.25, 0.3) is 5.91 Å². The zero-order valence-electron chi connectivity index (χ0n) is 10.3. The van der Waals surface area contributed by atoms with Crippen molar-refractivity contribution < 1.29 is 17.9 Å². The van der Waals surface area contributed by atoms with Gasteiger partial charge in [0.2, 0.25) is 0 Å². The molecule has 1 aromatic carbocycles. The number of methoxy groups -OCH3 is 1. The summed E-state index contributed by atoms with van der Waals surface area (Å²) in [7, 11) is -1.51. The average molecular weight is 348 g/mol. The maximum absolute atomic E-state index is 12.1.